The molecule has 1 amide bonds. The van der Waals surface area contributed by atoms with E-state index in [1.54, 1.807) is 6.20 Å². The van der Waals surface area contributed by atoms with Crippen LogP contribution in [0, 0.1) is 5.92 Å². The Morgan fingerprint density at radius 1 is 1.20 bits per heavy atom. The van der Waals surface area contributed by atoms with Crippen LogP contribution in [0.5, 0.6) is 0 Å². The summed E-state index contributed by atoms with van der Waals surface area (Å²) in [4.78, 5) is 19.0. The van der Waals surface area contributed by atoms with Gasteiger partial charge in [-0.25, -0.2) is 4.98 Å². The molecule has 0 bridgehead atoms. The smallest absolute Gasteiger partial charge is 0.254 e. The van der Waals surface area contributed by atoms with Crippen molar-refractivity contribution in [2.75, 3.05) is 6.54 Å². The second kappa shape index (κ2) is 6.25. The van der Waals surface area contributed by atoms with Crippen molar-refractivity contribution in [1.29, 1.82) is 0 Å². The fourth-order valence-corrected chi connectivity index (χ4v) is 4.12. The average Bonchev–Trinajstić information content (AvgIpc) is 2.97. The minimum Gasteiger partial charge on any atom is -0.335 e. The average molecular weight is 337 g/mol. The first-order valence-corrected chi connectivity index (χ1v) is 8.47. The van der Waals surface area contributed by atoms with E-state index in [-0.39, 0.29) is 5.91 Å². The standard InChI is InChI=1S/C16H21BrN2O/c17-15-11-13(8-9-18-15)16(20)19-10-4-7-14(19)12-5-2-1-3-6-12/h8-9,11-12,14H,1-7,10H2. The highest BCUT2D eigenvalue weighted by Gasteiger charge is 2.35. The molecule has 0 aromatic carbocycles. The van der Waals surface area contributed by atoms with Gasteiger partial charge >= 0.3 is 0 Å². The van der Waals surface area contributed by atoms with E-state index < -0.39 is 0 Å². The van der Waals surface area contributed by atoms with Crippen LogP contribution in [0.1, 0.15) is 55.3 Å². The zero-order valence-electron chi connectivity index (χ0n) is 11.7. The van der Waals surface area contributed by atoms with Gasteiger partial charge in [0.1, 0.15) is 4.60 Å². The SMILES string of the molecule is O=C(c1ccnc(Br)c1)N1CCCC1C1CCCCC1. The third-order valence-corrected chi connectivity index (χ3v) is 5.16. The van der Waals surface area contributed by atoms with Crippen molar-refractivity contribution in [2.24, 2.45) is 5.92 Å². The molecule has 2 heterocycles. The molecule has 1 aliphatic carbocycles. The molecule has 0 spiro atoms. The monoisotopic (exact) mass is 336 g/mol. The first kappa shape index (κ1) is 14.1. The van der Waals surface area contributed by atoms with Crippen LogP contribution in [0.15, 0.2) is 22.9 Å². The lowest BCUT2D eigenvalue weighted by Crippen LogP contribution is -2.40. The molecule has 1 aromatic rings. The quantitative estimate of drug-likeness (QED) is 0.764. The van der Waals surface area contributed by atoms with Crippen LogP contribution in [0.3, 0.4) is 0 Å². The van der Waals surface area contributed by atoms with Crippen LogP contribution in [-0.2, 0) is 0 Å². The summed E-state index contributed by atoms with van der Waals surface area (Å²) in [5, 5.41) is 0. The number of carbonyl (C=O) groups excluding carboxylic acids is 1. The number of nitrogens with zero attached hydrogens (tertiary/aromatic N) is 2. The number of halogens is 1. The maximum Gasteiger partial charge on any atom is 0.254 e. The fourth-order valence-electron chi connectivity index (χ4n) is 3.76. The number of hydrogen-bond donors (Lipinski definition) is 0. The van der Waals surface area contributed by atoms with Crippen molar-refractivity contribution < 1.29 is 4.79 Å². The van der Waals surface area contributed by atoms with Crippen molar-refractivity contribution >= 4 is 21.8 Å². The second-order valence-electron chi connectivity index (χ2n) is 5.97. The molecule has 1 aliphatic heterocycles. The van der Waals surface area contributed by atoms with Gasteiger partial charge in [0.25, 0.3) is 5.91 Å². The van der Waals surface area contributed by atoms with Crippen molar-refractivity contribution in [3.63, 3.8) is 0 Å². The Labute approximate surface area is 128 Å². The first-order valence-electron chi connectivity index (χ1n) is 7.68. The predicted molar refractivity (Wildman–Crippen MR) is 82.6 cm³/mol. The molecule has 108 valence electrons. The van der Waals surface area contributed by atoms with Gasteiger partial charge in [-0.3, -0.25) is 4.79 Å². The molecule has 1 saturated carbocycles. The highest BCUT2D eigenvalue weighted by atomic mass is 79.9. The van der Waals surface area contributed by atoms with E-state index in [1.807, 2.05) is 12.1 Å². The van der Waals surface area contributed by atoms with E-state index in [0.717, 1.165) is 29.1 Å². The Morgan fingerprint density at radius 3 is 2.75 bits per heavy atom. The molecule has 20 heavy (non-hydrogen) atoms. The minimum absolute atomic E-state index is 0.182. The normalized spacial score (nSPS) is 24.1. The number of carbonyl (C=O) groups is 1. The Hall–Kier alpha value is -0.900. The van der Waals surface area contributed by atoms with Gasteiger partial charge in [0.2, 0.25) is 0 Å². The van der Waals surface area contributed by atoms with Gasteiger partial charge in [-0.05, 0) is 59.7 Å². The van der Waals surface area contributed by atoms with Gasteiger partial charge in [0, 0.05) is 24.3 Å². The van der Waals surface area contributed by atoms with Crippen molar-refractivity contribution in [3.8, 4) is 0 Å². The number of likely N-dealkylation sites (tertiary alicyclic amines) is 1. The molecular formula is C16H21BrN2O. The van der Waals surface area contributed by atoms with E-state index >= 15 is 0 Å². The van der Waals surface area contributed by atoms with Crippen LogP contribution >= 0.6 is 15.9 Å². The number of aromatic nitrogens is 1. The third-order valence-electron chi connectivity index (χ3n) is 4.73. The van der Waals surface area contributed by atoms with Crippen LogP contribution in [-0.4, -0.2) is 28.4 Å². The molecule has 4 heteroatoms. The summed E-state index contributed by atoms with van der Waals surface area (Å²) in [6.45, 7) is 0.917. The highest BCUT2D eigenvalue weighted by Crippen LogP contribution is 2.35. The van der Waals surface area contributed by atoms with Crippen LogP contribution in [0.4, 0.5) is 0 Å². The van der Waals surface area contributed by atoms with E-state index in [1.165, 1.54) is 38.5 Å². The Morgan fingerprint density at radius 2 is 2.00 bits per heavy atom. The molecule has 1 atom stereocenters. The lowest BCUT2D eigenvalue weighted by Gasteiger charge is -2.34. The summed E-state index contributed by atoms with van der Waals surface area (Å²) in [5.41, 5.74) is 0.759. The maximum absolute atomic E-state index is 12.7. The zero-order valence-corrected chi connectivity index (χ0v) is 13.3. The van der Waals surface area contributed by atoms with Gasteiger partial charge in [0.15, 0.2) is 0 Å². The van der Waals surface area contributed by atoms with Gasteiger partial charge in [0.05, 0.1) is 0 Å². The molecule has 3 nitrogen and oxygen atoms in total. The number of hydrogen-bond acceptors (Lipinski definition) is 2. The van der Waals surface area contributed by atoms with Crippen LogP contribution < -0.4 is 0 Å². The summed E-state index contributed by atoms with van der Waals surface area (Å²) in [6.07, 6.45) is 10.7. The van der Waals surface area contributed by atoms with Gasteiger partial charge in [-0.2, -0.15) is 0 Å². The van der Waals surface area contributed by atoms with Crippen molar-refractivity contribution in [3.05, 3.63) is 28.5 Å². The first-order chi connectivity index (χ1) is 9.75. The van der Waals surface area contributed by atoms with E-state index in [4.69, 9.17) is 0 Å². The summed E-state index contributed by atoms with van der Waals surface area (Å²) in [7, 11) is 0. The summed E-state index contributed by atoms with van der Waals surface area (Å²) in [6, 6.07) is 4.12. The highest BCUT2D eigenvalue weighted by molar-refractivity contribution is 9.10. The van der Waals surface area contributed by atoms with Crippen LogP contribution in [0.25, 0.3) is 0 Å². The van der Waals surface area contributed by atoms with E-state index in [9.17, 15) is 4.79 Å². The molecule has 1 saturated heterocycles. The summed E-state index contributed by atoms with van der Waals surface area (Å²) < 4.78 is 0.733. The topological polar surface area (TPSA) is 33.2 Å². The van der Waals surface area contributed by atoms with Gasteiger partial charge in [-0.15, -0.1) is 0 Å². The summed E-state index contributed by atoms with van der Waals surface area (Å²) in [5.74, 6) is 0.904. The predicted octanol–water partition coefficient (Wildman–Crippen LogP) is 4.03. The van der Waals surface area contributed by atoms with Crippen molar-refractivity contribution in [1.82, 2.24) is 9.88 Å². The number of amides is 1. The number of pyridine rings is 1. The maximum atomic E-state index is 12.7. The largest absolute Gasteiger partial charge is 0.335 e. The molecule has 2 fully saturated rings. The second-order valence-corrected chi connectivity index (χ2v) is 6.79. The molecular weight excluding hydrogens is 316 g/mol. The fraction of sp³-hybridized carbons (Fsp3) is 0.625. The third kappa shape index (κ3) is 2.90. The van der Waals surface area contributed by atoms with Crippen molar-refractivity contribution in [2.45, 2.75) is 51.0 Å². The van der Waals surface area contributed by atoms with Gasteiger partial charge < -0.3 is 4.90 Å². The Bertz CT molecular complexity index is 485. The minimum atomic E-state index is 0.182. The molecule has 2 aliphatic rings. The summed E-state index contributed by atoms with van der Waals surface area (Å²) >= 11 is 3.35. The molecule has 1 unspecified atom stereocenters. The zero-order chi connectivity index (χ0) is 13.9. The molecule has 0 radical (unpaired) electrons. The molecule has 3 rings (SSSR count). The lowest BCUT2D eigenvalue weighted by molar-refractivity contribution is 0.0661. The lowest BCUT2D eigenvalue weighted by atomic mass is 9.83. The van der Waals surface area contributed by atoms with E-state index in [0.29, 0.717) is 6.04 Å². The van der Waals surface area contributed by atoms with Crippen LogP contribution in [0.2, 0.25) is 0 Å². The molecule has 0 N–H and O–H groups in total. The Balaban J connectivity index is 1.76. The Kier molecular flexibility index (Phi) is 4.39. The number of rotatable bonds is 2. The van der Waals surface area contributed by atoms with E-state index in [2.05, 4.69) is 25.8 Å². The molecule has 1 aromatic heterocycles. The van der Waals surface area contributed by atoms with Gasteiger partial charge in [-0.1, -0.05) is 19.3 Å².